The first-order valence-corrected chi connectivity index (χ1v) is 5.70. The Kier molecular flexibility index (Phi) is 2.63. The third-order valence-corrected chi connectivity index (χ3v) is 3.37. The van der Waals surface area contributed by atoms with Crippen molar-refractivity contribution in [3.63, 3.8) is 0 Å². The number of hydrogen-bond acceptors (Lipinski definition) is 3. The molecule has 0 aliphatic rings. The number of thiophene rings is 1. The minimum absolute atomic E-state index is 0.567. The first-order valence-electron chi connectivity index (χ1n) is 4.82. The van der Waals surface area contributed by atoms with Crippen LogP contribution >= 0.6 is 11.3 Å². The molecule has 0 bridgehead atoms. The average Bonchev–Trinajstić information content (AvgIpc) is 2.71. The minimum Gasteiger partial charge on any atom is -0.382 e. The molecule has 0 saturated carbocycles. The monoisotopic (exact) mass is 222 g/mol. The molecule has 0 aliphatic carbocycles. The van der Waals surface area contributed by atoms with Gasteiger partial charge in [0.15, 0.2) is 0 Å². The van der Waals surface area contributed by atoms with Crippen LogP contribution in [0, 0.1) is 13.8 Å². The van der Waals surface area contributed by atoms with Crippen LogP contribution in [0.15, 0.2) is 17.5 Å². The van der Waals surface area contributed by atoms with E-state index in [2.05, 4.69) is 5.10 Å². The maximum atomic E-state index is 10.2. The topological polar surface area (TPSA) is 38.0 Å². The van der Waals surface area contributed by atoms with Crippen molar-refractivity contribution in [2.24, 2.45) is 7.05 Å². The van der Waals surface area contributed by atoms with Gasteiger partial charge < -0.3 is 5.11 Å². The van der Waals surface area contributed by atoms with Gasteiger partial charge in [-0.15, -0.1) is 11.3 Å². The quantitative estimate of drug-likeness (QED) is 0.845. The Morgan fingerprint density at radius 1 is 1.47 bits per heavy atom. The molecular weight excluding hydrogens is 208 g/mol. The fourth-order valence-electron chi connectivity index (χ4n) is 1.72. The van der Waals surface area contributed by atoms with Gasteiger partial charge in [-0.25, -0.2) is 0 Å². The maximum absolute atomic E-state index is 10.2. The molecule has 1 atom stereocenters. The Bertz CT molecular complexity index is 473. The summed E-state index contributed by atoms with van der Waals surface area (Å²) < 4.78 is 1.73. The molecule has 0 amide bonds. The van der Waals surface area contributed by atoms with E-state index in [1.54, 1.807) is 16.0 Å². The minimum atomic E-state index is -0.567. The lowest BCUT2D eigenvalue weighted by atomic mass is 10.1. The molecular formula is C11H14N2OS. The fourth-order valence-corrected chi connectivity index (χ4v) is 2.46. The number of aryl methyl sites for hydroxylation is 3. The van der Waals surface area contributed by atoms with Crippen molar-refractivity contribution in [2.45, 2.75) is 20.0 Å². The highest BCUT2D eigenvalue weighted by molar-refractivity contribution is 7.10. The SMILES string of the molecule is Cc1cc(C(O)c2ccsc2C)n(C)n1. The van der Waals surface area contributed by atoms with Crippen LogP contribution < -0.4 is 0 Å². The van der Waals surface area contributed by atoms with Crippen LogP contribution in [-0.4, -0.2) is 14.9 Å². The van der Waals surface area contributed by atoms with Gasteiger partial charge in [-0.3, -0.25) is 4.68 Å². The summed E-state index contributed by atoms with van der Waals surface area (Å²) in [6.45, 7) is 3.95. The van der Waals surface area contributed by atoms with E-state index in [9.17, 15) is 5.11 Å². The van der Waals surface area contributed by atoms with E-state index >= 15 is 0 Å². The molecule has 0 saturated heterocycles. The Balaban J connectivity index is 2.40. The van der Waals surface area contributed by atoms with Gasteiger partial charge in [-0.1, -0.05) is 0 Å². The van der Waals surface area contributed by atoms with Gasteiger partial charge in [0.1, 0.15) is 6.10 Å². The van der Waals surface area contributed by atoms with Gasteiger partial charge >= 0.3 is 0 Å². The normalized spacial score (nSPS) is 13.1. The molecule has 0 radical (unpaired) electrons. The van der Waals surface area contributed by atoms with Crippen LogP contribution in [-0.2, 0) is 7.05 Å². The first kappa shape index (κ1) is 10.4. The molecule has 1 N–H and O–H groups in total. The summed E-state index contributed by atoms with van der Waals surface area (Å²) in [7, 11) is 1.85. The molecule has 2 rings (SSSR count). The molecule has 2 aromatic heterocycles. The standard InChI is InChI=1S/C11H14N2OS/c1-7-6-10(13(3)12-7)11(14)9-4-5-15-8(9)2/h4-6,11,14H,1-3H3. The number of hydrogen-bond donors (Lipinski definition) is 1. The zero-order valence-corrected chi connectivity index (χ0v) is 9.88. The van der Waals surface area contributed by atoms with Crippen molar-refractivity contribution in [3.05, 3.63) is 39.3 Å². The van der Waals surface area contributed by atoms with E-state index in [1.165, 1.54) is 0 Å². The summed E-state index contributed by atoms with van der Waals surface area (Å²) in [5.74, 6) is 0. The van der Waals surface area contributed by atoms with Crippen LogP contribution in [0.1, 0.15) is 27.9 Å². The molecule has 3 nitrogen and oxygen atoms in total. The van der Waals surface area contributed by atoms with Crippen molar-refractivity contribution in [1.82, 2.24) is 9.78 Å². The highest BCUT2D eigenvalue weighted by atomic mass is 32.1. The number of aliphatic hydroxyl groups is 1. The highest BCUT2D eigenvalue weighted by Crippen LogP contribution is 2.27. The van der Waals surface area contributed by atoms with Crippen LogP contribution in [0.3, 0.4) is 0 Å². The Hall–Kier alpha value is -1.13. The van der Waals surface area contributed by atoms with E-state index in [0.717, 1.165) is 21.8 Å². The number of aliphatic hydroxyl groups excluding tert-OH is 1. The van der Waals surface area contributed by atoms with Gasteiger partial charge in [0.25, 0.3) is 0 Å². The lowest BCUT2D eigenvalue weighted by Gasteiger charge is -2.10. The van der Waals surface area contributed by atoms with Gasteiger partial charge in [-0.05, 0) is 31.4 Å². The van der Waals surface area contributed by atoms with Gasteiger partial charge in [0.05, 0.1) is 11.4 Å². The lowest BCUT2D eigenvalue weighted by molar-refractivity contribution is 0.209. The Morgan fingerprint density at radius 3 is 2.67 bits per heavy atom. The Labute approximate surface area is 93.0 Å². The second kappa shape index (κ2) is 3.79. The molecule has 2 aromatic rings. The lowest BCUT2D eigenvalue weighted by Crippen LogP contribution is -2.06. The van der Waals surface area contributed by atoms with E-state index in [1.807, 2.05) is 38.4 Å². The third-order valence-electron chi connectivity index (χ3n) is 2.51. The van der Waals surface area contributed by atoms with Gasteiger partial charge in [0.2, 0.25) is 0 Å². The fraction of sp³-hybridized carbons (Fsp3) is 0.364. The van der Waals surface area contributed by atoms with E-state index in [0.29, 0.717) is 0 Å². The summed E-state index contributed by atoms with van der Waals surface area (Å²) >= 11 is 1.65. The maximum Gasteiger partial charge on any atom is 0.122 e. The zero-order valence-electron chi connectivity index (χ0n) is 9.06. The van der Waals surface area contributed by atoms with Crippen LogP contribution in [0.25, 0.3) is 0 Å². The molecule has 0 aliphatic heterocycles. The summed E-state index contributed by atoms with van der Waals surface area (Å²) in [5, 5.41) is 16.4. The summed E-state index contributed by atoms with van der Waals surface area (Å²) in [4.78, 5) is 1.15. The molecule has 4 heteroatoms. The van der Waals surface area contributed by atoms with Crippen molar-refractivity contribution in [3.8, 4) is 0 Å². The van der Waals surface area contributed by atoms with E-state index in [4.69, 9.17) is 0 Å². The smallest absolute Gasteiger partial charge is 0.122 e. The first-order chi connectivity index (χ1) is 7.09. The summed E-state index contributed by atoms with van der Waals surface area (Å²) in [6.07, 6.45) is -0.567. The predicted octanol–water partition coefficient (Wildman–Crippen LogP) is 2.18. The molecule has 15 heavy (non-hydrogen) atoms. The van der Waals surface area contributed by atoms with Crippen LogP contribution in [0.5, 0.6) is 0 Å². The second-order valence-corrected chi connectivity index (χ2v) is 4.79. The molecule has 0 spiro atoms. The van der Waals surface area contributed by atoms with Crippen molar-refractivity contribution < 1.29 is 5.11 Å². The highest BCUT2D eigenvalue weighted by Gasteiger charge is 2.17. The number of nitrogens with zero attached hydrogens (tertiary/aromatic N) is 2. The molecule has 0 fully saturated rings. The second-order valence-electron chi connectivity index (χ2n) is 3.67. The molecule has 2 heterocycles. The van der Waals surface area contributed by atoms with Gasteiger partial charge in [-0.2, -0.15) is 5.10 Å². The molecule has 1 unspecified atom stereocenters. The van der Waals surface area contributed by atoms with Crippen molar-refractivity contribution in [2.75, 3.05) is 0 Å². The van der Waals surface area contributed by atoms with Crippen LogP contribution in [0.4, 0.5) is 0 Å². The third kappa shape index (κ3) is 1.82. The predicted molar refractivity (Wildman–Crippen MR) is 61.1 cm³/mol. The summed E-state index contributed by atoms with van der Waals surface area (Å²) in [5.41, 5.74) is 2.75. The van der Waals surface area contributed by atoms with E-state index in [-0.39, 0.29) is 0 Å². The average molecular weight is 222 g/mol. The van der Waals surface area contributed by atoms with Crippen molar-refractivity contribution >= 4 is 11.3 Å². The van der Waals surface area contributed by atoms with Crippen LogP contribution in [0.2, 0.25) is 0 Å². The zero-order chi connectivity index (χ0) is 11.0. The number of rotatable bonds is 2. The summed E-state index contributed by atoms with van der Waals surface area (Å²) in [6, 6.07) is 3.88. The van der Waals surface area contributed by atoms with Crippen molar-refractivity contribution in [1.29, 1.82) is 0 Å². The molecule has 80 valence electrons. The van der Waals surface area contributed by atoms with Gasteiger partial charge in [0, 0.05) is 17.5 Å². The van der Waals surface area contributed by atoms with E-state index < -0.39 is 6.10 Å². The molecule has 0 aromatic carbocycles. The Morgan fingerprint density at radius 2 is 2.20 bits per heavy atom. The number of aromatic nitrogens is 2. The largest absolute Gasteiger partial charge is 0.382 e.